The monoisotopic (exact) mass is 542 g/mol. The number of hydrogen-bond donors (Lipinski definition) is 2. The van der Waals surface area contributed by atoms with Crippen LogP contribution in [-0.4, -0.2) is 47.2 Å². The molecular formula is C23H22F3IN2O2. The Balaban J connectivity index is 1.49. The van der Waals surface area contributed by atoms with Crippen LogP contribution >= 0.6 is 22.6 Å². The minimum Gasteiger partial charge on any atom is -0.385 e. The molecule has 1 heterocycles. The van der Waals surface area contributed by atoms with Gasteiger partial charge in [-0.2, -0.15) is 0 Å². The molecule has 8 heteroatoms. The summed E-state index contributed by atoms with van der Waals surface area (Å²) in [5.41, 5.74) is -1.09. The lowest BCUT2D eigenvalue weighted by molar-refractivity contribution is -0.0797. The van der Waals surface area contributed by atoms with Gasteiger partial charge in [0, 0.05) is 33.7 Å². The summed E-state index contributed by atoms with van der Waals surface area (Å²) in [5, 5.41) is 13.9. The van der Waals surface area contributed by atoms with Gasteiger partial charge in [-0.1, -0.05) is 18.2 Å². The quantitative estimate of drug-likeness (QED) is 0.432. The average molecular weight is 542 g/mol. The zero-order chi connectivity index (χ0) is 22.2. The molecular weight excluding hydrogens is 520 g/mol. The van der Waals surface area contributed by atoms with Gasteiger partial charge >= 0.3 is 0 Å². The van der Waals surface area contributed by atoms with E-state index >= 15 is 0 Å². The van der Waals surface area contributed by atoms with Gasteiger partial charge in [0.1, 0.15) is 11.4 Å². The molecule has 2 aromatic rings. The second kappa shape index (κ2) is 8.91. The van der Waals surface area contributed by atoms with Gasteiger partial charge in [0.2, 0.25) is 0 Å². The first kappa shape index (κ1) is 22.3. The maximum absolute atomic E-state index is 14.6. The Labute approximate surface area is 192 Å². The molecule has 2 aliphatic rings. The molecule has 1 fully saturated rings. The van der Waals surface area contributed by atoms with Crippen LogP contribution in [0.15, 0.2) is 42.5 Å². The lowest BCUT2D eigenvalue weighted by Crippen LogP contribution is -2.67. The van der Waals surface area contributed by atoms with Gasteiger partial charge in [0.15, 0.2) is 11.6 Å². The number of β-amino-alcohol motifs (C(OH)–C–C–N with tert-alkyl or cyclic N) is 1. The summed E-state index contributed by atoms with van der Waals surface area (Å²) in [5.74, 6) is -3.30. The summed E-state index contributed by atoms with van der Waals surface area (Å²) in [6.07, 6.45) is 5.73. The summed E-state index contributed by atoms with van der Waals surface area (Å²) in [6, 6.07) is 6.88. The molecule has 1 amide bonds. The first-order valence-corrected chi connectivity index (χ1v) is 11.1. The Morgan fingerprint density at radius 3 is 2.52 bits per heavy atom. The number of nitrogens with zero attached hydrogens (tertiary/aromatic N) is 1. The summed E-state index contributed by atoms with van der Waals surface area (Å²) in [4.78, 5) is 14.4. The maximum Gasteiger partial charge on any atom is 0.254 e. The molecule has 2 N–H and O–H groups in total. The van der Waals surface area contributed by atoms with Crippen LogP contribution in [0.5, 0.6) is 0 Å². The largest absolute Gasteiger partial charge is 0.385 e. The molecule has 0 atom stereocenters. The highest BCUT2D eigenvalue weighted by Crippen LogP contribution is 2.28. The summed E-state index contributed by atoms with van der Waals surface area (Å²) in [7, 11) is 0. The molecule has 1 saturated heterocycles. The van der Waals surface area contributed by atoms with Crippen LogP contribution < -0.4 is 5.32 Å². The van der Waals surface area contributed by atoms with E-state index in [2.05, 4.69) is 17.5 Å². The Morgan fingerprint density at radius 1 is 1.13 bits per heavy atom. The normalized spacial score (nSPS) is 17.8. The Hall–Kier alpha value is -1.91. The minimum absolute atomic E-state index is 0.0214. The van der Waals surface area contributed by atoms with Gasteiger partial charge in [-0.3, -0.25) is 4.79 Å². The third-order valence-electron chi connectivity index (χ3n) is 5.79. The molecule has 31 heavy (non-hydrogen) atoms. The highest BCUT2D eigenvalue weighted by Gasteiger charge is 2.44. The van der Waals surface area contributed by atoms with Crippen LogP contribution in [0, 0.1) is 21.0 Å². The molecule has 1 aliphatic heterocycles. The zero-order valence-electron chi connectivity index (χ0n) is 16.7. The number of nitrogens with one attached hydrogen (secondary N) is 1. The lowest BCUT2D eigenvalue weighted by atomic mass is 9.91. The van der Waals surface area contributed by atoms with Crippen molar-refractivity contribution in [2.75, 3.05) is 19.6 Å². The van der Waals surface area contributed by atoms with Crippen molar-refractivity contribution >= 4 is 28.5 Å². The van der Waals surface area contributed by atoms with Crippen molar-refractivity contribution in [3.63, 3.8) is 0 Å². The van der Waals surface area contributed by atoms with E-state index in [1.54, 1.807) is 6.07 Å². The second-order valence-corrected chi connectivity index (χ2v) is 9.45. The van der Waals surface area contributed by atoms with Crippen LogP contribution in [0.2, 0.25) is 0 Å². The fourth-order valence-corrected chi connectivity index (χ4v) is 4.48. The van der Waals surface area contributed by atoms with Crippen molar-refractivity contribution < 1.29 is 23.1 Å². The van der Waals surface area contributed by atoms with Gasteiger partial charge in [0.05, 0.1) is 13.1 Å². The number of likely N-dealkylation sites (tertiary alicyclic amines) is 1. The fourth-order valence-electron chi connectivity index (χ4n) is 4.03. The molecule has 0 saturated carbocycles. The molecule has 0 bridgehead atoms. The molecule has 0 aromatic heterocycles. The lowest BCUT2D eigenvalue weighted by Gasteiger charge is -2.47. The number of carbonyl (C=O) groups excluding carboxylic acids is 1. The van der Waals surface area contributed by atoms with Crippen molar-refractivity contribution in [2.24, 2.45) is 0 Å². The zero-order valence-corrected chi connectivity index (χ0v) is 18.8. The molecule has 2 aromatic carbocycles. The van der Waals surface area contributed by atoms with Gasteiger partial charge in [-0.15, -0.1) is 0 Å². The van der Waals surface area contributed by atoms with Crippen LogP contribution in [0.1, 0.15) is 34.3 Å². The van der Waals surface area contributed by atoms with E-state index in [0.717, 1.165) is 18.9 Å². The third-order valence-corrected chi connectivity index (χ3v) is 6.47. The van der Waals surface area contributed by atoms with E-state index in [1.165, 1.54) is 23.1 Å². The predicted octanol–water partition coefficient (Wildman–Crippen LogP) is 3.79. The van der Waals surface area contributed by atoms with Crippen molar-refractivity contribution in [3.05, 3.63) is 80.2 Å². The van der Waals surface area contributed by atoms with Crippen molar-refractivity contribution in [1.29, 1.82) is 0 Å². The number of hydrogen-bond acceptors (Lipinski definition) is 3. The van der Waals surface area contributed by atoms with Gasteiger partial charge < -0.3 is 15.3 Å². The van der Waals surface area contributed by atoms with Gasteiger partial charge in [0.25, 0.3) is 5.91 Å². The fraction of sp³-hybridized carbons (Fsp3) is 0.348. The molecule has 0 radical (unpaired) electrons. The van der Waals surface area contributed by atoms with Crippen LogP contribution in [-0.2, 0) is 6.42 Å². The summed E-state index contributed by atoms with van der Waals surface area (Å²) >= 11 is 1.96. The second-order valence-electron chi connectivity index (χ2n) is 8.21. The number of carbonyl (C=O) groups is 1. The van der Waals surface area contributed by atoms with Gasteiger partial charge in [-0.25, -0.2) is 13.2 Å². The smallest absolute Gasteiger partial charge is 0.254 e. The van der Waals surface area contributed by atoms with Crippen molar-refractivity contribution in [3.8, 4) is 0 Å². The molecule has 4 nitrogen and oxygen atoms in total. The van der Waals surface area contributed by atoms with E-state index in [9.17, 15) is 23.1 Å². The average Bonchev–Trinajstić information content (AvgIpc) is 3.23. The van der Waals surface area contributed by atoms with E-state index in [4.69, 9.17) is 0 Å². The number of benzene rings is 2. The third kappa shape index (κ3) is 4.80. The summed E-state index contributed by atoms with van der Waals surface area (Å²) in [6.45, 7) is 0.534. The number of aliphatic hydroxyl groups is 1. The Bertz CT molecular complexity index is 1030. The molecule has 0 spiro atoms. The highest BCUT2D eigenvalue weighted by atomic mass is 127. The predicted molar refractivity (Wildman–Crippen MR) is 119 cm³/mol. The number of rotatable bonds is 6. The first-order chi connectivity index (χ1) is 14.8. The molecule has 1 aliphatic carbocycles. The first-order valence-electron chi connectivity index (χ1n) is 10.1. The maximum atomic E-state index is 14.6. The number of amides is 1. The van der Waals surface area contributed by atoms with E-state index < -0.39 is 29.0 Å². The van der Waals surface area contributed by atoms with Gasteiger partial charge in [-0.05, 0) is 65.3 Å². The molecule has 4 rings (SSSR count). The Morgan fingerprint density at radius 2 is 1.84 bits per heavy atom. The van der Waals surface area contributed by atoms with Crippen molar-refractivity contribution in [1.82, 2.24) is 10.2 Å². The highest BCUT2D eigenvalue weighted by molar-refractivity contribution is 14.1. The van der Waals surface area contributed by atoms with E-state index in [0.29, 0.717) is 10.1 Å². The Kier molecular flexibility index (Phi) is 6.41. The molecule has 164 valence electrons. The van der Waals surface area contributed by atoms with E-state index in [-0.39, 0.29) is 42.2 Å². The van der Waals surface area contributed by atoms with Crippen molar-refractivity contribution in [2.45, 2.75) is 30.9 Å². The number of halogens is 4. The van der Waals surface area contributed by atoms with Crippen LogP contribution in [0.3, 0.4) is 0 Å². The van der Waals surface area contributed by atoms with E-state index in [1.807, 2.05) is 22.6 Å². The van der Waals surface area contributed by atoms with Crippen LogP contribution in [0.25, 0.3) is 0 Å². The SMILES string of the molecule is O=C(c1ccc(F)c(F)c1Cc1ccc(I)cc1F)N1CC(O)(CNC2CC=CC2)C1. The minimum atomic E-state index is -1.16. The topological polar surface area (TPSA) is 52.6 Å². The van der Waals surface area contributed by atoms with Crippen LogP contribution in [0.4, 0.5) is 13.2 Å². The summed E-state index contributed by atoms with van der Waals surface area (Å²) < 4.78 is 43.5. The molecule has 0 unspecified atom stereocenters. The standard InChI is InChI=1S/C23H22F3IN2O2/c24-19-8-7-17(18(21(19)26)9-14-5-6-15(27)10-20(14)25)22(30)29-12-23(31,13-29)11-28-16-3-1-2-4-16/h1-2,5-8,10,16,28,31H,3-4,9,11-13H2.